The van der Waals surface area contributed by atoms with Gasteiger partial charge in [-0.05, 0) is 25.2 Å². The maximum Gasteiger partial charge on any atom is 0.303 e. The van der Waals surface area contributed by atoms with Crippen LogP contribution in [0.25, 0.3) is 0 Å². The van der Waals surface area contributed by atoms with Gasteiger partial charge in [0.2, 0.25) is 0 Å². The van der Waals surface area contributed by atoms with Crippen molar-refractivity contribution in [2.45, 2.75) is 25.7 Å². The van der Waals surface area contributed by atoms with Crippen LogP contribution in [-0.4, -0.2) is 36.9 Å². The van der Waals surface area contributed by atoms with Gasteiger partial charge < -0.3 is 5.11 Å². The molecule has 0 spiro atoms. The molecule has 6 nitrogen and oxygen atoms in total. The van der Waals surface area contributed by atoms with Crippen LogP contribution in [0.2, 0.25) is 0 Å². The first kappa shape index (κ1) is 12.4. The fourth-order valence-electron chi connectivity index (χ4n) is 1.82. The topological polar surface area (TPSA) is 101 Å². The van der Waals surface area contributed by atoms with E-state index in [0.29, 0.717) is 19.5 Å². The molecule has 0 aromatic heterocycles. The Balaban J connectivity index is 2.46. The summed E-state index contributed by atoms with van der Waals surface area (Å²) in [5, 5.41) is 13.5. The molecule has 1 heterocycles. The van der Waals surface area contributed by atoms with Crippen LogP contribution in [0.4, 0.5) is 0 Å². The summed E-state index contributed by atoms with van der Waals surface area (Å²) < 4.78 is 23.3. The minimum atomic E-state index is -3.61. The first-order valence-corrected chi connectivity index (χ1v) is 6.39. The Bertz CT molecular complexity index is 328. The molecule has 88 valence electrons. The number of aliphatic carboxylic acids is 1. The number of carboxylic acids is 1. The zero-order chi connectivity index (χ0) is 11.5. The number of carbonyl (C=O) groups is 1. The minimum Gasteiger partial charge on any atom is -0.481 e. The summed E-state index contributed by atoms with van der Waals surface area (Å²) in [7, 11) is -3.61. The van der Waals surface area contributed by atoms with E-state index in [9.17, 15) is 13.2 Å². The number of piperidine rings is 1. The predicted octanol–water partition coefficient (Wildman–Crippen LogP) is -0.233. The summed E-state index contributed by atoms with van der Waals surface area (Å²) >= 11 is 0. The Morgan fingerprint density at radius 2 is 2.20 bits per heavy atom. The minimum absolute atomic E-state index is 0.0864. The zero-order valence-electron chi connectivity index (χ0n) is 8.42. The van der Waals surface area contributed by atoms with E-state index in [2.05, 4.69) is 0 Å². The van der Waals surface area contributed by atoms with Crippen molar-refractivity contribution in [2.24, 2.45) is 11.1 Å². The van der Waals surface area contributed by atoms with Gasteiger partial charge in [-0.1, -0.05) is 0 Å². The van der Waals surface area contributed by atoms with E-state index in [1.807, 2.05) is 0 Å². The van der Waals surface area contributed by atoms with Gasteiger partial charge in [0.05, 0.1) is 0 Å². The fraction of sp³-hybridized carbons (Fsp3) is 0.875. The second kappa shape index (κ2) is 4.91. The molecule has 1 aliphatic heterocycles. The number of nitrogens with zero attached hydrogens (tertiary/aromatic N) is 1. The predicted molar refractivity (Wildman–Crippen MR) is 54.3 cm³/mol. The summed E-state index contributed by atoms with van der Waals surface area (Å²) in [6.07, 6.45) is 2.23. The van der Waals surface area contributed by atoms with Gasteiger partial charge in [-0.25, -0.2) is 5.14 Å². The molecule has 1 saturated heterocycles. The average molecular weight is 236 g/mol. The van der Waals surface area contributed by atoms with Crippen LogP contribution in [0.15, 0.2) is 0 Å². The molecule has 15 heavy (non-hydrogen) atoms. The third kappa shape index (κ3) is 4.15. The molecule has 7 heteroatoms. The van der Waals surface area contributed by atoms with Crippen molar-refractivity contribution < 1.29 is 18.3 Å². The highest BCUT2D eigenvalue weighted by Crippen LogP contribution is 2.21. The van der Waals surface area contributed by atoms with Gasteiger partial charge in [0.25, 0.3) is 10.2 Å². The van der Waals surface area contributed by atoms with E-state index in [-0.39, 0.29) is 12.3 Å². The van der Waals surface area contributed by atoms with Crippen LogP contribution in [0.3, 0.4) is 0 Å². The van der Waals surface area contributed by atoms with Crippen LogP contribution in [0.5, 0.6) is 0 Å². The normalized spacial score (nSPS) is 23.9. The van der Waals surface area contributed by atoms with Crippen LogP contribution in [0.1, 0.15) is 25.7 Å². The van der Waals surface area contributed by atoms with Crippen molar-refractivity contribution in [3.8, 4) is 0 Å². The van der Waals surface area contributed by atoms with Gasteiger partial charge in [-0.2, -0.15) is 12.7 Å². The Labute approximate surface area is 89.2 Å². The lowest BCUT2D eigenvalue weighted by atomic mass is 9.95. The number of hydrogen-bond acceptors (Lipinski definition) is 3. The maximum absolute atomic E-state index is 11.1. The molecule has 0 aromatic rings. The Morgan fingerprint density at radius 1 is 1.53 bits per heavy atom. The van der Waals surface area contributed by atoms with Crippen molar-refractivity contribution >= 4 is 16.2 Å². The zero-order valence-corrected chi connectivity index (χ0v) is 9.24. The van der Waals surface area contributed by atoms with Gasteiger partial charge in [0, 0.05) is 19.5 Å². The largest absolute Gasteiger partial charge is 0.481 e. The number of rotatable bonds is 4. The van der Waals surface area contributed by atoms with Crippen LogP contribution in [-0.2, 0) is 15.0 Å². The van der Waals surface area contributed by atoms with Crippen molar-refractivity contribution in [3.63, 3.8) is 0 Å². The molecular formula is C8H16N2O4S. The lowest BCUT2D eigenvalue weighted by Gasteiger charge is -2.30. The summed E-state index contributed by atoms with van der Waals surface area (Å²) in [6, 6.07) is 0. The standard InChI is InChI=1S/C8H16N2O4S/c9-15(13,14)10-5-1-2-7(6-10)3-4-8(11)12/h7H,1-6H2,(H,11,12)(H2,9,13,14). The molecule has 1 aliphatic rings. The molecule has 1 fully saturated rings. The highest BCUT2D eigenvalue weighted by atomic mass is 32.2. The van der Waals surface area contributed by atoms with Gasteiger partial charge in [0.1, 0.15) is 0 Å². The molecule has 0 saturated carbocycles. The Hall–Kier alpha value is -0.660. The van der Waals surface area contributed by atoms with E-state index in [0.717, 1.165) is 12.8 Å². The molecule has 3 N–H and O–H groups in total. The second-order valence-electron chi connectivity index (χ2n) is 3.84. The Morgan fingerprint density at radius 3 is 2.73 bits per heavy atom. The monoisotopic (exact) mass is 236 g/mol. The molecule has 0 amide bonds. The highest BCUT2D eigenvalue weighted by Gasteiger charge is 2.26. The second-order valence-corrected chi connectivity index (χ2v) is 5.39. The van der Waals surface area contributed by atoms with E-state index in [1.54, 1.807) is 0 Å². The van der Waals surface area contributed by atoms with Gasteiger partial charge in [0.15, 0.2) is 0 Å². The van der Waals surface area contributed by atoms with Crippen molar-refractivity contribution in [2.75, 3.05) is 13.1 Å². The molecule has 1 rings (SSSR count). The van der Waals surface area contributed by atoms with E-state index in [1.165, 1.54) is 4.31 Å². The summed E-state index contributed by atoms with van der Waals surface area (Å²) in [6.45, 7) is 0.800. The molecule has 1 unspecified atom stereocenters. The lowest BCUT2D eigenvalue weighted by molar-refractivity contribution is -0.137. The van der Waals surface area contributed by atoms with Gasteiger partial charge in [-0.3, -0.25) is 4.79 Å². The summed E-state index contributed by atoms with van der Waals surface area (Å²) in [5.74, 6) is -0.726. The van der Waals surface area contributed by atoms with Crippen molar-refractivity contribution in [1.82, 2.24) is 4.31 Å². The van der Waals surface area contributed by atoms with E-state index < -0.39 is 16.2 Å². The van der Waals surface area contributed by atoms with Crippen molar-refractivity contribution in [1.29, 1.82) is 0 Å². The van der Waals surface area contributed by atoms with Crippen LogP contribution in [0, 0.1) is 5.92 Å². The molecule has 0 radical (unpaired) electrons. The smallest absolute Gasteiger partial charge is 0.303 e. The molecule has 0 bridgehead atoms. The highest BCUT2D eigenvalue weighted by molar-refractivity contribution is 7.86. The molecular weight excluding hydrogens is 220 g/mol. The van der Waals surface area contributed by atoms with Gasteiger partial charge >= 0.3 is 5.97 Å². The summed E-state index contributed by atoms with van der Waals surface area (Å²) in [4.78, 5) is 10.4. The quantitative estimate of drug-likeness (QED) is 0.703. The first-order valence-electron chi connectivity index (χ1n) is 4.89. The third-order valence-electron chi connectivity index (χ3n) is 2.61. The number of hydrogen-bond donors (Lipinski definition) is 2. The Kier molecular flexibility index (Phi) is 4.06. The fourth-order valence-corrected chi connectivity index (χ4v) is 2.62. The van der Waals surface area contributed by atoms with E-state index >= 15 is 0 Å². The van der Waals surface area contributed by atoms with Gasteiger partial charge in [-0.15, -0.1) is 0 Å². The number of nitrogens with two attached hydrogens (primary N) is 1. The average Bonchev–Trinajstić information content (AvgIpc) is 2.14. The summed E-state index contributed by atoms with van der Waals surface area (Å²) in [5.41, 5.74) is 0. The van der Waals surface area contributed by atoms with E-state index in [4.69, 9.17) is 10.2 Å². The lowest BCUT2D eigenvalue weighted by Crippen LogP contribution is -2.43. The third-order valence-corrected chi connectivity index (χ3v) is 3.66. The SMILES string of the molecule is NS(=O)(=O)N1CCCC(CCC(=O)O)C1. The molecule has 0 aromatic carbocycles. The van der Waals surface area contributed by atoms with Crippen molar-refractivity contribution in [3.05, 3.63) is 0 Å². The maximum atomic E-state index is 11.1. The van der Waals surface area contributed by atoms with Crippen LogP contribution >= 0.6 is 0 Å². The first-order chi connectivity index (χ1) is 6.89. The molecule has 1 atom stereocenters. The van der Waals surface area contributed by atoms with Crippen LogP contribution < -0.4 is 5.14 Å². The molecule has 0 aliphatic carbocycles. The number of carboxylic acid groups (broad SMARTS) is 1.